The van der Waals surface area contributed by atoms with Crippen LogP contribution in [0, 0.1) is 5.92 Å². The number of halogens is 5. The van der Waals surface area contributed by atoms with Gasteiger partial charge in [-0.2, -0.15) is 13.2 Å². The minimum atomic E-state index is -4.70. The number of nitrogens with one attached hydrogen (secondary N) is 2. The van der Waals surface area contributed by atoms with Gasteiger partial charge in [0.2, 0.25) is 12.3 Å². The molecule has 1 aliphatic heterocycles. The molecule has 0 saturated carbocycles. The zero-order chi connectivity index (χ0) is 21.2. The van der Waals surface area contributed by atoms with Gasteiger partial charge in [0.25, 0.3) is 11.4 Å². The van der Waals surface area contributed by atoms with Gasteiger partial charge in [-0.05, 0) is 24.5 Å². The van der Waals surface area contributed by atoms with Gasteiger partial charge < -0.3 is 19.6 Å². The molecule has 3 heterocycles. The van der Waals surface area contributed by atoms with Crippen LogP contribution in [0.1, 0.15) is 18.5 Å². The minimum absolute atomic E-state index is 0.212. The predicted octanol–water partition coefficient (Wildman–Crippen LogP) is 2.36. The van der Waals surface area contributed by atoms with Crippen molar-refractivity contribution in [3.05, 3.63) is 28.2 Å². The minimum Gasteiger partial charge on any atom is -0.403 e. The van der Waals surface area contributed by atoms with E-state index in [9.17, 15) is 31.5 Å². The highest BCUT2D eigenvalue weighted by Gasteiger charge is 2.32. The van der Waals surface area contributed by atoms with Gasteiger partial charge in [-0.1, -0.05) is 5.10 Å². The summed E-state index contributed by atoms with van der Waals surface area (Å²) in [6, 6.07) is 1.36. The molecule has 3 rings (SSSR count). The van der Waals surface area contributed by atoms with Crippen molar-refractivity contribution in [2.24, 2.45) is 5.92 Å². The maximum Gasteiger partial charge on any atom is 0.431 e. The Bertz CT molecular complexity index is 926. The third kappa shape index (κ3) is 5.09. The lowest BCUT2D eigenvalue weighted by Gasteiger charge is -2.16. The van der Waals surface area contributed by atoms with Crippen molar-refractivity contribution in [3.63, 3.8) is 0 Å². The molecule has 0 aromatic carbocycles. The number of alkyl halides is 5. The van der Waals surface area contributed by atoms with Gasteiger partial charge in [-0.15, -0.1) is 5.10 Å². The van der Waals surface area contributed by atoms with Crippen molar-refractivity contribution in [3.8, 4) is 11.5 Å². The monoisotopic (exact) mass is 421 g/mol. The predicted molar refractivity (Wildman–Crippen MR) is 89.2 cm³/mol. The van der Waals surface area contributed by atoms with Crippen LogP contribution in [0.4, 0.5) is 28.0 Å². The van der Waals surface area contributed by atoms with Gasteiger partial charge in [-0.3, -0.25) is 9.59 Å². The Kier molecular flexibility index (Phi) is 5.84. The summed E-state index contributed by atoms with van der Waals surface area (Å²) in [6.07, 6.45) is -6.88. The zero-order valence-corrected chi connectivity index (χ0v) is 14.8. The number of rotatable bonds is 6. The van der Waals surface area contributed by atoms with E-state index in [0.29, 0.717) is 19.0 Å². The van der Waals surface area contributed by atoms with Crippen molar-refractivity contribution in [2.75, 3.05) is 25.0 Å². The van der Waals surface area contributed by atoms with E-state index in [2.05, 4.69) is 15.5 Å². The van der Waals surface area contributed by atoms with E-state index < -0.39 is 23.9 Å². The molecule has 1 unspecified atom stereocenters. The largest absolute Gasteiger partial charge is 0.431 e. The number of hydrogen-bond acceptors (Lipinski definition) is 6. The Morgan fingerprint density at radius 1 is 1.34 bits per heavy atom. The summed E-state index contributed by atoms with van der Waals surface area (Å²) in [5.41, 5.74) is -2.54. The normalized spacial score (nSPS) is 17.2. The molecule has 158 valence electrons. The second-order valence-corrected chi connectivity index (χ2v) is 6.50. The van der Waals surface area contributed by atoms with E-state index in [4.69, 9.17) is 4.42 Å². The average Bonchev–Trinajstić information content (AvgIpc) is 3.28. The van der Waals surface area contributed by atoms with Crippen LogP contribution in [-0.2, 0) is 11.0 Å². The van der Waals surface area contributed by atoms with Crippen molar-refractivity contribution < 1.29 is 31.2 Å². The van der Waals surface area contributed by atoms with Gasteiger partial charge in [0, 0.05) is 19.5 Å². The van der Waals surface area contributed by atoms with Crippen molar-refractivity contribution in [1.29, 1.82) is 0 Å². The van der Waals surface area contributed by atoms with Crippen molar-refractivity contribution in [2.45, 2.75) is 25.4 Å². The highest BCUT2D eigenvalue weighted by atomic mass is 19.4. The molecule has 2 N–H and O–H groups in total. The van der Waals surface area contributed by atoms with Crippen molar-refractivity contribution in [1.82, 2.24) is 20.1 Å². The van der Waals surface area contributed by atoms with E-state index in [1.807, 2.05) is 0 Å². The summed E-state index contributed by atoms with van der Waals surface area (Å²) in [6.45, 7) is 0.362. The summed E-state index contributed by atoms with van der Waals surface area (Å²) in [5.74, 6) is -0.928. The zero-order valence-electron chi connectivity index (χ0n) is 14.8. The summed E-state index contributed by atoms with van der Waals surface area (Å²) < 4.78 is 67.8. The lowest BCUT2D eigenvalue weighted by atomic mass is 10.1. The third-order valence-electron chi connectivity index (χ3n) is 4.41. The van der Waals surface area contributed by atoms with Gasteiger partial charge in [-0.25, -0.2) is 8.78 Å². The fourth-order valence-electron chi connectivity index (χ4n) is 2.98. The van der Waals surface area contributed by atoms with Gasteiger partial charge in [0.1, 0.15) is 11.3 Å². The Balaban J connectivity index is 1.59. The molecule has 1 atom stereocenters. The lowest BCUT2D eigenvalue weighted by molar-refractivity contribution is -0.141. The molecule has 8 nitrogen and oxygen atoms in total. The number of carbonyl (C=O) groups excluding carboxylic acids is 1. The molecule has 29 heavy (non-hydrogen) atoms. The first-order valence-corrected chi connectivity index (χ1v) is 8.57. The standard InChI is InChI=1S/C16H16F5N5O3/c17-11(18)5-8-3-4-26(7-8)12(27)6-22-15-25-24-14(29-15)9-1-2-10(16(19,20)21)23-13(9)28/h1-2,8,11H,3-7H2,(H,22,25)(H,23,28). The number of hydrogen-bond donors (Lipinski definition) is 2. The molecule has 0 aliphatic carbocycles. The van der Waals surface area contributed by atoms with Crippen LogP contribution in [0.2, 0.25) is 0 Å². The molecule has 1 aliphatic rings. The number of aromatic amines is 1. The summed E-state index contributed by atoms with van der Waals surface area (Å²) >= 11 is 0. The fraction of sp³-hybridized carbons (Fsp3) is 0.500. The number of likely N-dealkylation sites (tertiary alicyclic amines) is 1. The molecule has 1 amide bonds. The van der Waals surface area contributed by atoms with E-state index in [1.54, 1.807) is 4.98 Å². The maximum absolute atomic E-state index is 12.6. The number of carbonyl (C=O) groups is 1. The van der Waals surface area contributed by atoms with Crippen LogP contribution >= 0.6 is 0 Å². The second-order valence-electron chi connectivity index (χ2n) is 6.50. The molecule has 13 heteroatoms. The quantitative estimate of drug-likeness (QED) is 0.694. The van der Waals surface area contributed by atoms with Crippen LogP contribution in [0.15, 0.2) is 21.3 Å². The molecule has 0 bridgehead atoms. The number of anilines is 1. The number of amides is 1. The highest BCUT2D eigenvalue weighted by molar-refractivity contribution is 5.80. The molecule has 1 fully saturated rings. The second kappa shape index (κ2) is 8.17. The van der Waals surface area contributed by atoms with Crippen LogP contribution in [0.25, 0.3) is 11.5 Å². The Morgan fingerprint density at radius 3 is 2.76 bits per heavy atom. The van der Waals surface area contributed by atoms with Crippen LogP contribution in [0.3, 0.4) is 0 Å². The molecule has 2 aromatic rings. The van der Waals surface area contributed by atoms with E-state index in [1.165, 1.54) is 4.90 Å². The van der Waals surface area contributed by atoms with Crippen LogP contribution in [-0.4, -0.2) is 52.0 Å². The molecule has 1 saturated heterocycles. The fourth-order valence-corrected chi connectivity index (χ4v) is 2.98. The molecule has 2 aromatic heterocycles. The third-order valence-corrected chi connectivity index (χ3v) is 4.41. The molecular weight excluding hydrogens is 405 g/mol. The first-order chi connectivity index (χ1) is 13.6. The SMILES string of the molecule is O=C(CNc1nnc(-c2ccc(C(F)(F)F)[nH]c2=O)o1)N1CCC(CC(F)F)C1. The molecule has 0 spiro atoms. The Morgan fingerprint density at radius 2 is 2.10 bits per heavy atom. The van der Waals surface area contributed by atoms with Gasteiger partial charge >= 0.3 is 12.2 Å². The van der Waals surface area contributed by atoms with E-state index >= 15 is 0 Å². The molecule has 0 radical (unpaired) electrons. The number of pyridine rings is 1. The van der Waals surface area contributed by atoms with Crippen molar-refractivity contribution >= 4 is 11.9 Å². The number of nitrogens with zero attached hydrogens (tertiary/aromatic N) is 3. The van der Waals surface area contributed by atoms with Crippen LogP contribution in [0.5, 0.6) is 0 Å². The highest BCUT2D eigenvalue weighted by Crippen LogP contribution is 2.27. The average molecular weight is 421 g/mol. The lowest BCUT2D eigenvalue weighted by Crippen LogP contribution is -2.34. The Hall–Kier alpha value is -2.99. The summed E-state index contributed by atoms with van der Waals surface area (Å²) in [4.78, 5) is 27.1. The summed E-state index contributed by atoms with van der Waals surface area (Å²) in [5, 5.41) is 9.71. The van der Waals surface area contributed by atoms with Crippen LogP contribution < -0.4 is 10.9 Å². The van der Waals surface area contributed by atoms with Gasteiger partial charge in [0.15, 0.2) is 0 Å². The number of H-pyrrole nitrogens is 1. The molecular formula is C16H16F5N5O3. The smallest absolute Gasteiger partial charge is 0.403 e. The maximum atomic E-state index is 12.6. The van der Waals surface area contributed by atoms with E-state index in [0.717, 1.165) is 6.07 Å². The first kappa shape index (κ1) is 20.7. The van der Waals surface area contributed by atoms with E-state index in [-0.39, 0.29) is 48.8 Å². The number of aromatic nitrogens is 3. The Labute approximate surface area is 160 Å². The topological polar surface area (TPSA) is 104 Å². The first-order valence-electron chi connectivity index (χ1n) is 8.57. The summed E-state index contributed by atoms with van der Waals surface area (Å²) in [7, 11) is 0. The van der Waals surface area contributed by atoms with Gasteiger partial charge in [0.05, 0.1) is 6.54 Å².